The van der Waals surface area contributed by atoms with Gasteiger partial charge in [0.05, 0.1) is 4.99 Å². The van der Waals surface area contributed by atoms with Crippen molar-refractivity contribution in [1.82, 2.24) is 5.32 Å². The van der Waals surface area contributed by atoms with Crippen LogP contribution in [0.5, 0.6) is 0 Å². The highest BCUT2D eigenvalue weighted by Gasteiger charge is 1.84. The van der Waals surface area contributed by atoms with Crippen molar-refractivity contribution in [3.8, 4) is 0 Å². The smallest absolute Gasteiger partial charge is 0.0763 e. The van der Waals surface area contributed by atoms with E-state index in [0.29, 0.717) is 6.54 Å². The van der Waals surface area contributed by atoms with Crippen LogP contribution in [0, 0.1) is 0 Å². The highest BCUT2D eigenvalue weighted by Crippen LogP contribution is 1.74. The Morgan fingerprint density at radius 1 is 1.86 bits per heavy atom. The normalized spacial score (nSPS) is 8.29. The summed E-state index contributed by atoms with van der Waals surface area (Å²) in [4.78, 5) is 0.836. The molecule has 2 nitrogen and oxygen atoms in total. The van der Waals surface area contributed by atoms with Gasteiger partial charge >= 0.3 is 0 Å². The molecule has 0 saturated heterocycles. The molecule has 0 aromatic rings. The van der Waals surface area contributed by atoms with Gasteiger partial charge in [-0.25, -0.2) is 0 Å². The van der Waals surface area contributed by atoms with E-state index in [9.17, 15) is 0 Å². The molecule has 3 heteroatoms. The van der Waals surface area contributed by atoms with Crippen LogP contribution >= 0.6 is 12.2 Å². The van der Waals surface area contributed by atoms with Gasteiger partial charge in [0, 0.05) is 13.5 Å². The van der Waals surface area contributed by atoms with Gasteiger partial charge < -0.3 is 11.1 Å². The number of nitrogens with one attached hydrogen (secondary N) is 1. The van der Waals surface area contributed by atoms with Crippen molar-refractivity contribution in [1.29, 1.82) is 0 Å². The maximum absolute atomic E-state index is 5.18. The molecule has 0 heterocycles. The van der Waals surface area contributed by atoms with E-state index in [1.54, 1.807) is 7.05 Å². The Labute approximate surface area is 49.1 Å². The van der Waals surface area contributed by atoms with Gasteiger partial charge in [-0.2, -0.15) is 0 Å². The lowest BCUT2D eigenvalue weighted by Crippen LogP contribution is -2.18. The Bertz CT molecular complexity index is 62.7. The lowest BCUT2D eigenvalue weighted by Gasteiger charge is -1.95. The van der Waals surface area contributed by atoms with E-state index in [1.807, 2.05) is 0 Å². The number of thiocarbonyl (C=S) groups is 1. The Morgan fingerprint density at radius 3 is 2.57 bits per heavy atom. The molecule has 3 N–H and O–H groups in total. The zero-order chi connectivity index (χ0) is 5.70. The molecule has 0 aliphatic rings. The Balaban J connectivity index is 3.00. The van der Waals surface area contributed by atoms with Crippen LogP contribution in [0.4, 0.5) is 0 Å². The summed E-state index contributed by atoms with van der Waals surface area (Å²) in [7, 11) is 1.80. The van der Waals surface area contributed by atoms with Crippen LogP contribution in [0.15, 0.2) is 0 Å². The van der Waals surface area contributed by atoms with Gasteiger partial charge in [-0.3, -0.25) is 0 Å². The first-order chi connectivity index (χ1) is 3.31. The van der Waals surface area contributed by atoms with Crippen molar-refractivity contribution in [2.45, 2.75) is 6.42 Å². The number of nitrogens with two attached hydrogens (primary N) is 1. The van der Waals surface area contributed by atoms with Gasteiger partial charge in [-0.1, -0.05) is 12.2 Å². The van der Waals surface area contributed by atoms with E-state index in [4.69, 9.17) is 18.0 Å². The van der Waals surface area contributed by atoms with E-state index < -0.39 is 0 Å². The van der Waals surface area contributed by atoms with E-state index in [0.717, 1.165) is 11.4 Å². The maximum atomic E-state index is 5.18. The molecule has 7 heavy (non-hydrogen) atoms. The molecular weight excluding hydrogens is 108 g/mol. The lowest BCUT2D eigenvalue weighted by molar-refractivity contribution is 1.01. The molecule has 0 aliphatic carbocycles. The molecule has 0 fully saturated rings. The molecule has 0 aromatic heterocycles. The van der Waals surface area contributed by atoms with E-state index in [1.165, 1.54) is 0 Å². The van der Waals surface area contributed by atoms with Crippen LogP contribution in [0.2, 0.25) is 0 Å². The van der Waals surface area contributed by atoms with Crippen LogP contribution in [-0.4, -0.2) is 18.6 Å². The standard InChI is InChI=1S/C4H10N2S/c1-6-4(7)2-3-5/h2-3,5H2,1H3,(H,6,7). The number of hydrogen-bond donors (Lipinski definition) is 2. The molecule has 0 radical (unpaired) electrons. The molecule has 0 aliphatic heterocycles. The highest BCUT2D eigenvalue weighted by atomic mass is 32.1. The summed E-state index contributed by atoms with van der Waals surface area (Å²) in [5.41, 5.74) is 5.18. The first-order valence-electron chi connectivity index (χ1n) is 2.22. The summed E-state index contributed by atoms with van der Waals surface area (Å²) < 4.78 is 0. The van der Waals surface area contributed by atoms with Gasteiger partial charge in [0.1, 0.15) is 0 Å². The minimum atomic E-state index is 0.639. The summed E-state index contributed by atoms with van der Waals surface area (Å²) in [6, 6.07) is 0. The van der Waals surface area contributed by atoms with Crippen LogP contribution in [0.3, 0.4) is 0 Å². The molecule has 0 rings (SSSR count). The fourth-order valence-corrected chi connectivity index (χ4v) is 0.374. The summed E-state index contributed by atoms with van der Waals surface area (Å²) >= 11 is 4.76. The molecular formula is C4H10N2S. The third kappa shape index (κ3) is 3.69. The molecule has 0 saturated carbocycles. The van der Waals surface area contributed by atoms with Crippen molar-refractivity contribution in [3.05, 3.63) is 0 Å². The molecule has 0 aromatic carbocycles. The Kier molecular flexibility index (Phi) is 3.93. The van der Waals surface area contributed by atoms with Crippen molar-refractivity contribution in [3.63, 3.8) is 0 Å². The second-order valence-electron chi connectivity index (χ2n) is 1.21. The summed E-state index contributed by atoms with van der Waals surface area (Å²) in [6.45, 7) is 0.639. The summed E-state index contributed by atoms with van der Waals surface area (Å²) in [6.07, 6.45) is 0.797. The molecule has 0 unspecified atom stereocenters. The largest absolute Gasteiger partial charge is 0.383 e. The van der Waals surface area contributed by atoms with Crippen molar-refractivity contribution < 1.29 is 0 Å². The quantitative estimate of drug-likeness (QED) is 0.496. The predicted octanol–water partition coefficient (Wildman–Crippen LogP) is -0.118. The van der Waals surface area contributed by atoms with Crippen molar-refractivity contribution in [2.24, 2.45) is 5.73 Å². The monoisotopic (exact) mass is 118 g/mol. The molecule has 0 atom stereocenters. The maximum Gasteiger partial charge on any atom is 0.0763 e. The average Bonchev–Trinajstić information content (AvgIpc) is 1.68. The fourth-order valence-electron chi connectivity index (χ4n) is 0.256. The van der Waals surface area contributed by atoms with Gasteiger partial charge in [-0.05, 0) is 6.54 Å². The van der Waals surface area contributed by atoms with Crippen LogP contribution < -0.4 is 11.1 Å². The highest BCUT2D eigenvalue weighted by molar-refractivity contribution is 7.80. The van der Waals surface area contributed by atoms with Crippen molar-refractivity contribution >= 4 is 17.2 Å². The van der Waals surface area contributed by atoms with Crippen LogP contribution in [-0.2, 0) is 0 Å². The first kappa shape index (κ1) is 6.85. The lowest BCUT2D eigenvalue weighted by atomic mass is 10.4. The molecule has 0 amide bonds. The minimum Gasteiger partial charge on any atom is -0.383 e. The van der Waals surface area contributed by atoms with Gasteiger partial charge in [-0.15, -0.1) is 0 Å². The number of rotatable bonds is 2. The third-order valence-corrected chi connectivity index (χ3v) is 1.06. The second-order valence-corrected chi connectivity index (χ2v) is 1.70. The second kappa shape index (κ2) is 4.02. The summed E-state index contributed by atoms with van der Waals surface area (Å²) in [5, 5.41) is 2.82. The topological polar surface area (TPSA) is 38.0 Å². The zero-order valence-electron chi connectivity index (χ0n) is 4.40. The first-order valence-corrected chi connectivity index (χ1v) is 2.62. The van der Waals surface area contributed by atoms with E-state index in [2.05, 4.69) is 5.32 Å². The Morgan fingerprint density at radius 2 is 2.43 bits per heavy atom. The Hall–Kier alpha value is -0.150. The minimum absolute atomic E-state index is 0.639. The van der Waals surface area contributed by atoms with E-state index >= 15 is 0 Å². The van der Waals surface area contributed by atoms with Gasteiger partial charge in [0.25, 0.3) is 0 Å². The zero-order valence-corrected chi connectivity index (χ0v) is 5.22. The average molecular weight is 118 g/mol. The van der Waals surface area contributed by atoms with Crippen molar-refractivity contribution in [2.75, 3.05) is 13.6 Å². The molecule has 42 valence electrons. The van der Waals surface area contributed by atoms with Crippen LogP contribution in [0.25, 0.3) is 0 Å². The molecule has 0 spiro atoms. The fraction of sp³-hybridized carbons (Fsp3) is 0.750. The van der Waals surface area contributed by atoms with Crippen LogP contribution in [0.1, 0.15) is 6.42 Å². The van der Waals surface area contributed by atoms with Gasteiger partial charge in [0.2, 0.25) is 0 Å². The number of hydrogen-bond acceptors (Lipinski definition) is 2. The third-order valence-electron chi connectivity index (χ3n) is 0.650. The summed E-state index contributed by atoms with van der Waals surface area (Å²) in [5.74, 6) is 0. The predicted molar refractivity (Wildman–Crippen MR) is 35.3 cm³/mol. The molecule has 0 bridgehead atoms. The SMILES string of the molecule is CNC(=S)CCN. The van der Waals surface area contributed by atoms with Gasteiger partial charge in [0.15, 0.2) is 0 Å². The van der Waals surface area contributed by atoms with E-state index in [-0.39, 0.29) is 0 Å².